The van der Waals surface area contributed by atoms with Crippen molar-refractivity contribution < 1.29 is 14.5 Å². The summed E-state index contributed by atoms with van der Waals surface area (Å²) in [6, 6.07) is 23.5. The molecule has 4 rings (SSSR count). The Kier molecular flexibility index (Phi) is 10.6. The van der Waals surface area contributed by atoms with Gasteiger partial charge in [0.05, 0.1) is 10.7 Å². The molecule has 9 heteroatoms. The first-order valence-electron chi connectivity index (χ1n) is 13.1. The molecule has 0 aromatic heterocycles. The van der Waals surface area contributed by atoms with Gasteiger partial charge in [-0.25, -0.2) is 0 Å². The van der Waals surface area contributed by atoms with Crippen molar-refractivity contribution in [3.63, 3.8) is 0 Å². The fraction of sp³-hybridized carbons (Fsp3) is 0.333. The van der Waals surface area contributed by atoms with Crippen LogP contribution in [0.15, 0.2) is 83.3 Å². The normalized spacial score (nSPS) is 14.1. The maximum absolute atomic E-state index is 13.7. The zero-order chi connectivity index (χ0) is 27.6. The molecule has 0 aliphatic heterocycles. The van der Waals surface area contributed by atoms with E-state index < -0.39 is 11.0 Å². The highest BCUT2D eigenvalue weighted by Gasteiger charge is 2.32. The van der Waals surface area contributed by atoms with Gasteiger partial charge in [0.1, 0.15) is 6.04 Å². The van der Waals surface area contributed by atoms with Gasteiger partial charge in [-0.05, 0) is 41.7 Å². The van der Waals surface area contributed by atoms with Gasteiger partial charge in [-0.1, -0.05) is 83.4 Å². The second kappa shape index (κ2) is 14.3. The average molecular weight is 611 g/mol. The first kappa shape index (κ1) is 28.8. The molecule has 2 amide bonds. The lowest BCUT2D eigenvalue weighted by molar-refractivity contribution is -0.384. The molecule has 1 N–H and O–H groups in total. The second-order valence-electron chi connectivity index (χ2n) is 9.76. The number of amides is 2. The van der Waals surface area contributed by atoms with Crippen molar-refractivity contribution in [3.05, 3.63) is 110 Å². The number of nitro groups is 1. The summed E-state index contributed by atoms with van der Waals surface area (Å²) in [5.41, 5.74) is 2.88. The minimum absolute atomic E-state index is 0.0394. The maximum atomic E-state index is 13.7. The summed E-state index contributed by atoms with van der Waals surface area (Å²) in [4.78, 5) is 39.7. The number of non-ortho nitro benzene ring substituents is 1. The third kappa shape index (κ3) is 8.66. The quantitative estimate of drug-likeness (QED) is 0.192. The van der Waals surface area contributed by atoms with E-state index in [0.717, 1.165) is 46.8 Å². The Morgan fingerprint density at radius 2 is 1.59 bits per heavy atom. The minimum atomic E-state index is -0.649. The number of benzene rings is 3. The van der Waals surface area contributed by atoms with E-state index in [0.29, 0.717) is 18.7 Å². The number of halogens is 1. The van der Waals surface area contributed by atoms with Crippen molar-refractivity contribution in [2.24, 2.45) is 0 Å². The lowest BCUT2D eigenvalue weighted by Crippen LogP contribution is -2.52. The first-order chi connectivity index (χ1) is 18.9. The molecule has 0 heterocycles. The van der Waals surface area contributed by atoms with E-state index in [1.165, 1.54) is 23.9 Å². The Balaban J connectivity index is 1.53. The molecule has 1 fully saturated rings. The predicted octanol–water partition coefficient (Wildman–Crippen LogP) is 6.29. The molecule has 0 spiro atoms. The van der Waals surface area contributed by atoms with Crippen molar-refractivity contribution in [2.75, 3.05) is 5.75 Å². The number of carbonyl (C=O) groups is 2. The zero-order valence-electron chi connectivity index (χ0n) is 21.6. The Bertz CT molecular complexity index is 1250. The van der Waals surface area contributed by atoms with E-state index in [1.54, 1.807) is 17.0 Å². The summed E-state index contributed by atoms with van der Waals surface area (Å²) >= 11 is 4.91. The fourth-order valence-electron chi connectivity index (χ4n) is 4.76. The number of carbonyl (C=O) groups excluding carboxylic acids is 2. The molecule has 0 saturated heterocycles. The summed E-state index contributed by atoms with van der Waals surface area (Å²) in [5, 5.41) is 14.2. The van der Waals surface area contributed by atoms with Gasteiger partial charge in [-0.15, -0.1) is 11.8 Å². The van der Waals surface area contributed by atoms with E-state index in [1.807, 2.05) is 54.6 Å². The van der Waals surface area contributed by atoms with Gasteiger partial charge in [-0.2, -0.15) is 0 Å². The highest BCUT2D eigenvalue weighted by atomic mass is 79.9. The van der Waals surface area contributed by atoms with Gasteiger partial charge in [-0.3, -0.25) is 19.7 Å². The smallest absolute Gasteiger partial charge is 0.269 e. The summed E-state index contributed by atoms with van der Waals surface area (Å²) in [6.45, 7) is 0.319. The third-order valence-electron chi connectivity index (χ3n) is 6.88. The number of hydrogen-bond donors (Lipinski definition) is 1. The predicted molar refractivity (Wildman–Crippen MR) is 158 cm³/mol. The Labute approximate surface area is 241 Å². The highest BCUT2D eigenvalue weighted by Crippen LogP contribution is 2.22. The van der Waals surface area contributed by atoms with Crippen LogP contribution in [0.1, 0.15) is 42.4 Å². The van der Waals surface area contributed by atoms with Crippen LogP contribution in [-0.2, 0) is 28.3 Å². The molecule has 0 radical (unpaired) electrons. The molecule has 1 unspecified atom stereocenters. The van der Waals surface area contributed by atoms with Gasteiger partial charge in [0.2, 0.25) is 11.8 Å². The summed E-state index contributed by atoms with van der Waals surface area (Å²) < 4.78 is 0.947. The number of nitrogens with one attached hydrogen (secondary N) is 1. The van der Waals surface area contributed by atoms with Gasteiger partial charge in [0, 0.05) is 41.4 Å². The molecule has 3 aromatic carbocycles. The molecule has 1 aliphatic carbocycles. The van der Waals surface area contributed by atoms with Crippen molar-refractivity contribution in [3.8, 4) is 0 Å². The molecular weight excluding hydrogens is 578 g/mol. The molecule has 3 aromatic rings. The topological polar surface area (TPSA) is 92.6 Å². The summed E-state index contributed by atoms with van der Waals surface area (Å²) in [7, 11) is 0. The monoisotopic (exact) mass is 609 g/mol. The van der Waals surface area contributed by atoms with Crippen LogP contribution < -0.4 is 5.32 Å². The van der Waals surface area contributed by atoms with Crippen LogP contribution in [0.5, 0.6) is 0 Å². The van der Waals surface area contributed by atoms with Gasteiger partial charge >= 0.3 is 0 Å². The molecule has 204 valence electrons. The van der Waals surface area contributed by atoms with Crippen molar-refractivity contribution in [1.29, 1.82) is 0 Å². The van der Waals surface area contributed by atoms with Crippen molar-refractivity contribution >= 4 is 45.2 Å². The fourth-order valence-corrected chi connectivity index (χ4v) is 5.90. The number of nitro benzene ring substituents is 1. The molecular formula is C30H32BrN3O4S. The Morgan fingerprint density at radius 1 is 0.949 bits per heavy atom. The largest absolute Gasteiger partial charge is 0.352 e. The highest BCUT2D eigenvalue weighted by molar-refractivity contribution is 9.10. The van der Waals surface area contributed by atoms with E-state index in [4.69, 9.17) is 0 Å². The number of nitrogens with zero attached hydrogens (tertiary/aromatic N) is 2. The number of hydrogen-bond acceptors (Lipinski definition) is 5. The van der Waals surface area contributed by atoms with Gasteiger partial charge in [0.25, 0.3) is 5.69 Å². The van der Waals surface area contributed by atoms with Crippen LogP contribution in [-0.4, -0.2) is 39.5 Å². The molecule has 1 aliphatic rings. The average Bonchev–Trinajstić information content (AvgIpc) is 3.45. The van der Waals surface area contributed by atoms with Crippen LogP contribution in [0.4, 0.5) is 5.69 Å². The molecule has 0 bridgehead atoms. The second-order valence-corrected chi connectivity index (χ2v) is 11.7. The van der Waals surface area contributed by atoms with Crippen LogP contribution in [0.3, 0.4) is 0 Å². The zero-order valence-corrected chi connectivity index (χ0v) is 24.0. The van der Waals surface area contributed by atoms with Gasteiger partial charge < -0.3 is 10.2 Å². The molecule has 1 saturated carbocycles. The van der Waals surface area contributed by atoms with Crippen molar-refractivity contribution in [2.45, 2.75) is 56.5 Å². The van der Waals surface area contributed by atoms with E-state index in [9.17, 15) is 19.7 Å². The molecule has 39 heavy (non-hydrogen) atoms. The SMILES string of the molecule is O=C(NC1CCCC1)C(Cc1ccccc1)N(Cc1ccc(Br)cc1)C(=O)CSCc1ccc([N+](=O)[O-])cc1. The van der Waals surface area contributed by atoms with Crippen LogP contribution in [0.25, 0.3) is 0 Å². The minimum Gasteiger partial charge on any atom is -0.352 e. The van der Waals surface area contributed by atoms with E-state index >= 15 is 0 Å². The number of rotatable bonds is 12. The standard InChI is InChI=1S/C30H32BrN3O4S/c31-25-14-10-23(11-15-25)19-33(29(35)21-39-20-24-12-16-27(17-13-24)34(37)38)28(18-22-6-2-1-3-7-22)30(36)32-26-8-4-5-9-26/h1-3,6-7,10-17,26,28H,4-5,8-9,18-21H2,(H,32,36). The molecule has 7 nitrogen and oxygen atoms in total. The van der Waals surface area contributed by atoms with Crippen LogP contribution in [0.2, 0.25) is 0 Å². The van der Waals surface area contributed by atoms with E-state index in [2.05, 4.69) is 21.2 Å². The lowest BCUT2D eigenvalue weighted by Gasteiger charge is -2.32. The summed E-state index contributed by atoms with van der Waals surface area (Å²) in [6.07, 6.45) is 4.57. The van der Waals surface area contributed by atoms with E-state index in [-0.39, 0.29) is 29.3 Å². The lowest BCUT2D eigenvalue weighted by atomic mass is 10.0. The van der Waals surface area contributed by atoms with Crippen LogP contribution >= 0.6 is 27.7 Å². The third-order valence-corrected chi connectivity index (χ3v) is 8.40. The summed E-state index contributed by atoms with van der Waals surface area (Å²) in [5.74, 6) is 0.493. The number of thioether (sulfide) groups is 1. The maximum Gasteiger partial charge on any atom is 0.269 e. The van der Waals surface area contributed by atoms with Crippen molar-refractivity contribution in [1.82, 2.24) is 10.2 Å². The molecule has 1 atom stereocenters. The van der Waals surface area contributed by atoms with Crippen LogP contribution in [0, 0.1) is 10.1 Å². The first-order valence-corrected chi connectivity index (χ1v) is 15.0. The van der Waals surface area contributed by atoms with Gasteiger partial charge in [0.15, 0.2) is 0 Å². The Hall–Kier alpha value is -3.17. The Morgan fingerprint density at radius 3 is 2.23 bits per heavy atom.